The Kier molecular flexibility index (Phi) is 3.69. The molecule has 0 radical (unpaired) electrons. The van der Waals surface area contributed by atoms with Gasteiger partial charge in [0.1, 0.15) is 6.33 Å². The number of nitrogens with one attached hydrogen (secondary N) is 1. The Bertz CT molecular complexity index is 800. The van der Waals surface area contributed by atoms with Crippen molar-refractivity contribution in [2.45, 2.75) is 58.4 Å². The maximum atomic E-state index is 13.1. The van der Waals surface area contributed by atoms with E-state index in [1.807, 2.05) is 0 Å². The molecule has 7 atom stereocenters. The first-order valence-electron chi connectivity index (χ1n) is 10.5. The minimum atomic E-state index is 0.0587. The number of imidazole rings is 1. The number of amides is 1. The van der Waals surface area contributed by atoms with Gasteiger partial charge in [-0.3, -0.25) is 14.2 Å². The number of hydrogen-bond acceptors (Lipinski definition) is 3. The first-order valence-corrected chi connectivity index (χ1v) is 10.5. The summed E-state index contributed by atoms with van der Waals surface area (Å²) in [5.74, 6) is 2.25. The third kappa shape index (κ3) is 2.33. The van der Waals surface area contributed by atoms with Crippen LogP contribution in [0.5, 0.6) is 0 Å². The van der Waals surface area contributed by atoms with Crippen molar-refractivity contribution < 1.29 is 9.59 Å². The van der Waals surface area contributed by atoms with E-state index in [1.54, 1.807) is 29.4 Å². The van der Waals surface area contributed by atoms with Crippen LogP contribution in [-0.2, 0) is 4.79 Å². The molecule has 0 aromatic carbocycles. The largest absolute Gasteiger partial charge is 0.349 e. The summed E-state index contributed by atoms with van der Waals surface area (Å²) in [6.07, 6.45) is 15.7. The highest BCUT2D eigenvalue weighted by atomic mass is 16.2. The molecule has 5 rings (SSSR count). The van der Waals surface area contributed by atoms with Crippen LogP contribution in [0.3, 0.4) is 0 Å². The lowest BCUT2D eigenvalue weighted by atomic mass is 9.48. The fourth-order valence-electron chi connectivity index (χ4n) is 7.31. The van der Waals surface area contributed by atoms with Gasteiger partial charge in [-0.1, -0.05) is 19.9 Å². The summed E-state index contributed by atoms with van der Waals surface area (Å²) < 4.78 is 1.68. The molecule has 144 valence electrons. The monoisotopic (exact) mass is 367 g/mol. The number of carbonyl (C=O) groups excluding carboxylic acids is 2. The Hall–Kier alpha value is -1.91. The fraction of sp³-hybridized carbons (Fsp3) is 0.682. The van der Waals surface area contributed by atoms with Gasteiger partial charge in [0.15, 0.2) is 0 Å². The van der Waals surface area contributed by atoms with Crippen molar-refractivity contribution in [3.05, 3.63) is 30.9 Å². The van der Waals surface area contributed by atoms with Crippen LogP contribution < -0.4 is 5.32 Å². The molecule has 1 amide bonds. The van der Waals surface area contributed by atoms with Crippen LogP contribution in [0.4, 0.5) is 0 Å². The highest BCUT2D eigenvalue weighted by Gasteiger charge is 2.60. The van der Waals surface area contributed by atoms with Crippen molar-refractivity contribution in [2.75, 3.05) is 0 Å². The molecular formula is C22H29N3O2. The van der Waals surface area contributed by atoms with Crippen LogP contribution in [0.1, 0.15) is 57.2 Å². The van der Waals surface area contributed by atoms with Gasteiger partial charge in [0.2, 0.25) is 11.8 Å². The van der Waals surface area contributed by atoms with Crippen LogP contribution in [0.2, 0.25) is 0 Å². The second-order valence-corrected chi connectivity index (χ2v) is 9.70. The summed E-state index contributed by atoms with van der Waals surface area (Å²) >= 11 is 0. The van der Waals surface area contributed by atoms with Gasteiger partial charge in [-0.15, -0.1) is 0 Å². The predicted octanol–water partition coefficient (Wildman–Crippen LogP) is 3.44. The lowest BCUT2D eigenvalue weighted by Gasteiger charge is -2.58. The molecular weight excluding hydrogens is 338 g/mol. The van der Waals surface area contributed by atoms with Crippen molar-refractivity contribution >= 4 is 11.8 Å². The summed E-state index contributed by atoms with van der Waals surface area (Å²) in [5.41, 5.74) is 0.151. The van der Waals surface area contributed by atoms with Gasteiger partial charge in [-0.25, -0.2) is 4.98 Å². The number of fused-ring (bicyclic) bond motifs is 5. The van der Waals surface area contributed by atoms with Gasteiger partial charge in [0.05, 0.1) is 0 Å². The molecule has 5 heteroatoms. The van der Waals surface area contributed by atoms with Crippen LogP contribution in [-0.4, -0.2) is 27.4 Å². The van der Waals surface area contributed by atoms with Crippen LogP contribution in [0, 0.1) is 34.5 Å². The van der Waals surface area contributed by atoms with E-state index in [-0.39, 0.29) is 34.6 Å². The van der Waals surface area contributed by atoms with E-state index in [4.69, 9.17) is 0 Å². The van der Waals surface area contributed by atoms with E-state index in [9.17, 15) is 9.59 Å². The molecule has 2 heterocycles. The molecule has 0 spiro atoms. The number of aromatic nitrogens is 2. The van der Waals surface area contributed by atoms with Gasteiger partial charge >= 0.3 is 0 Å². The maximum Gasteiger partial charge on any atom is 0.243 e. The van der Waals surface area contributed by atoms with E-state index in [0.29, 0.717) is 17.8 Å². The van der Waals surface area contributed by atoms with E-state index in [0.717, 1.165) is 32.1 Å². The molecule has 27 heavy (non-hydrogen) atoms. The van der Waals surface area contributed by atoms with Crippen LogP contribution in [0.25, 0.3) is 0 Å². The minimum Gasteiger partial charge on any atom is -0.349 e. The third-order valence-corrected chi connectivity index (χ3v) is 8.74. The summed E-state index contributed by atoms with van der Waals surface area (Å²) in [6.45, 7) is 4.71. The van der Waals surface area contributed by atoms with Gasteiger partial charge in [0, 0.05) is 29.8 Å². The lowest BCUT2D eigenvalue weighted by molar-refractivity contribution is -0.122. The van der Waals surface area contributed by atoms with Gasteiger partial charge in [-0.2, -0.15) is 0 Å². The van der Waals surface area contributed by atoms with E-state index in [1.165, 1.54) is 6.42 Å². The highest BCUT2D eigenvalue weighted by Crippen LogP contribution is 2.65. The molecule has 3 fully saturated rings. The van der Waals surface area contributed by atoms with Crippen molar-refractivity contribution in [1.29, 1.82) is 0 Å². The molecule has 0 bridgehead atoms. The normalized spacial score (nSPS) is 45.6. The van der Waals surface area contributed by atoms with E-state index in [2.05, 4.69) is 30.2 Å². The molecule has 3 unspecified atom stereocenters. The Morgan fingerprint density at radius 1 is 1.19 bits per heavy atom. The first-order chi connectivity index (χ1) is 12.9. The molecule has 4 aliphatic rings. The summed E-state index contributed by atoms with van der Waals surface area (Å²) in [4.78, 5) is 29.0. The maximum absolute atomic E-state index is 13.1. The molecule has 1 N–H and O–H groups in total. The predicted molar refractivity (Wildman–Crippen MR) is 102 cm³/mol. The Morgan fingerprint density at radius 3 is 2.81 bits per heavy atom. The number of carbonyl (C=O) groups is 2. The Morgan fingerprint density at radius 2 is 2.04 bits per heavy atom. The van der Waals surface area contributed by atoms with Crippen LogP contribution in [0.15, 0.2) is 30.9 Å². The molecule has 1 aromatic heterocycles. The van der Waals surface area contributed by atoms with E-state index < -0.39 is 0 Å². The molecule has 0 saturated heterocycles. The van der Waals surface area contributed by atoms with Crippen molar-refractivity contribution in [3.8, 4) is 0 Å². The molecule has 3 saturated carbocycles. The van der Waals surface area contributed by atoms with Gasteiger partial charge in [0.25, 0.3) is 0 Å². The fourth-order valence-corrected chi connectivity index (χ4v) is 7.31. The standard InChI is InChI=1S/C22H29N3O2/c1-21-9-7-16-14(3-6-18-22(16,2)10-8-19(26)24-18)15(21)4-5-17(21)20(27)25-12-11-23-13-25/h8,10-18H,3-7,9H2,1-2H3,(H,24,26)/t14?,15?,16?,17-,18-,21+,22-/m1/s1. The third-order valence-electron chi connectivity index (χ3n) is 8.74. The average Bonchev–Trinajstić information content (AvgIpc) is 3.29. The van der Waals surface area contributed by atoms with Crippen molar-refractivity contribution in [2.24, 2.45) is 34.5 Å². The minimum absolute atomic E-state index is 0.0587. The molecule has 3 aliphatic carbocycles. The number of hydrogen-bond donors (Lipinski definition) is 1. The molecule has 5 nitrogen and oxygen atoms in total. The summed E-state index contributed by atoms with van der Waals surface area (Å²) in [7, 11) is 0. The number of nitrogens with zero attached hydrogens (tertiary/aromatic N) is 2. The van der Waals surface area contributed by atoms with Gasteiger partial charge < -0.3 is 5.32 Å². The van der Waals surface area contributed by atoms with Gasteiger partial charge in [-0.05, 0) is 67.8 Å². The smallest absolute Gasteiger partial charge is 0.243 e. The number of rotatable bonds is 1. The Labute approximate surface area is 160 Å². The summed E-state index contributed by atoms with van der Waals surface area (Å²) in [6, 6.07) is 0.269. The van der Waals surface area contributed by atoms with E-state index >= 15 is 0 Å². The zero-order valence-corrected chi connectivity index (χ0v) is 16.2. The topological polar surface area (TPSA) is 64.0 Å². The zero-order valence-electron chi connectivity index (χ0n) is 16.2. The van der Waals surface area contributed by atoms with Crippen molar-refractivity contribution in [1.82, 2.24) is 14.9 Å². The average molecular weight is 367 g/mol. The quantitative estimate of drug-likeness (QED) is 0.827. The molecule has 1 aliphatic heterocycles. The highest BCUT2D eigenvalue weighted by molar-refractivity contribution is 5.89. The second kappa shape index (κ2) is 5.79. The lowest BCUT2D eigenvalue weighted by Crippen LogP contribution is -2.59. The van der Waals surface area contributed by atoms with Crippen LogP contribution >= 0.6 is 0 Å². The first kappa shape index (κ1) is 17.2. The summed E-state index contributed by atoms with van der Waals surface area (Å²) in [5, 5.41) is 3.22. The van der Waals surface area contributed by atoms with Crippen molar-refractivity contribution in [3.63, 3.8) is 0 Å². The zero-order chi connectivity index (χ0) is 18.8. The Balaban J connectivity index is 1.44. The SMILES string of the molecule is C[C@]12CCC3C(CC[C@H]4NC(=O)C=C[C@]34C)C1CC[C@@H]2C(=O)n1ccnc1. The molecule has 1 aromatic rings. The second-order valence-electron chi connectivity index (χ2n) is 9.70.